The van der Waals surface area contributed by atoms with Crippen LogP contribution in [0.15, 0.2) is 24.3 Å². The summed E-state index contributed by atoms with van der Waals surface area (Å²) in [5, 5.41) is 3.33. The second-order valence-electron chi connectivity index (χ2n) is 4.35. The van der Waals surface area contributed by atoms with Gasteiger partial charge in [-0.15, -0.1) is 0 Å². The number of Topliss-reactive ketones (excluding diaryl/α,β-unsaturated/α-hetero) is 1. The van der Waals surface area contributed by atoms with Crippen molar-refractivity contribution in [1.29, 1.82) is 0 Å². The molecule has 0 unspecified atom stereocenters. The number of hydrogen-bond acceptors (Lipinski definition) is 3. The molecule has 1 aliphatic rings. The lowest BCUT2D eigenvalue weighted by atomic mass is 10.1. The fourth-order valence-corrected chi connectivity index (χ4v) is 2.15. The van der Waals surface area contributed by atoms with Crippen molar-refractivity contribution >= 4 is 23.3 Å². The summed E-state index contributed by atoms with van der Waals surface area (Å²) in [6.07, 6.45) is 0.870. The van der Waals surface area contributed by atoms with Gasteiger partial charge < -0.3 is 5.32 Å². The van der Waals surface area contributed by atoms with Crippen LogP contribution in [0.4, 0.5) is 0 Å². The summed E-state index contributed by atoms with van der Waals surface area (Å²) in [4.78, 5) is 25.3. The van der Waals surface area contributed by atoms with Crippen LogP contribution in [0.25, 0.3) is 0 Å². The fraction of sp³-hybridized carbons (Fsp3) is 0.385. The quantitative estimate of drug-likeness (QED) is 0.840. The SMILES string of the molecule is O=C1CN(CC(=O)c2cccc(Cl)c2)CCCN1. The maximum absolute atomic E-state index is 12.1. The van der Waals surface area contributed by atoms with Crippen LogP contribution in [0.3, 0.4) is 0 Å². The molecule has 5 heteroatoms. The minimum atomic E-state index is -0.0219. The third kappa shape index (κ3) is 3.55. The van der Waals surface area contributed by atoms with Crippen LogP contribution in [0.5, 0.6) is 0 Å². The number of carbonyl (C=O) groups is 2. The molecule has 0 spiro atoms. The van der Waals surface area contributed by atoms with Gasteiger partial charge in [-0.25, -0.2) is 0 Å². The van der Waals surface area contributed by atoms with Crippen molar-refractivity contribution in [2.24, 2.45) is 0 Å². The van der Waals surface area contributed by atoms with E-state index in [1.807, 2.05) is 4.90 Å². The Balaban J connectivity index is 2.00. The van der Waals surface area contributed by atoms with Crippen LogP contribution in [0.2, 0.25) is 5.02 Å². The molecule has 96 valence electrons. The normalized spacial score (nSPS) is 17.1. The van der Waals surface area contributed by atoms with E-state index in [4.69, 9.17) is 11.6 Å². The highest BCUT2D eigenvalue weighted by Gasteiger charge is 2.18. The largest absolute Gasteiger partial charge is 0.355 e. The van der Waals surface area contributed by atoms with E-state index in [1.165, 1.54) is 0 Å². The summed E-state index contributed by atoms with van der Waals surface area (Å²) in [5.74, 6) is -0.0291. The molecule has 1 aromatic carbocycles. The summed E-state index contributed by atoms with van der Waals surface area (Å²) in [6, 6.07) is 6.89. The van der Waals surface area contributed by atoms with Crippen LogP contribution < -0.4 is 5.32 Å². The molecule has 0 radical (unpaired) electrons. The van der Waals surface area contributed by atoms with Gasteiger partial charge in [0, 0.05) is 23.7 Å². The Morgan fingerprint density at radius 3 is 3.06 bits per heavy atom. The Morgan fingerprint density at radius 2 is 2.28 bits per heavy atom. The Hall–Kier alpha value is -1.39. The Labute approximate surface area is 111 Å². The van der Waals surface area contributed by atoms with Crippen LogP contribution in [-0.2, 0) is 4.79 Å². The number of nitrogens with one attached hydrogen (secondary N) is 1. The first-order valence-corrected chi connectivity index (χ1v) is 6.31. The maximum atomic E-state index is 12.1. The van der Waals surface area contributed by atoms with Crippen LogP contribution >= 0.6 is 11.6 Å². The van der Waals surface area contributed by atoms with E-state index in [2.05, 4.69) is 5.32 Å². The van der Waals surface area contributed by atoms with E-state index < -0.39 is 0 Å². The van der Waals surface area contributed by atoms with Gasteiger partial charge in [0.25, 0.3) is 0 Å². The minimum Gasteiger partial charge on any atom is -0.355 e. The first-order chi connectivity index (χ1) is 8.65. The molecular weight excluding hydrogens is 252 g/mol. The number of rotatable bonds is 3. The van der Waals surface area contributed by atoms with E-state index in [9.17, 15) is 9.59 Å². The molecule has 18 heavy (non-hydrogen) atoms. The van der Waals surface area contributed by atoms with Gasteiger partial charge in [-0.3, -0.25) is 14.5 Å². The highest BCUT2D eigenvalue weighted by atomic mass is 35.5. The zero-order chi connectivity index (χ0) is 13.0. The first-order valence-electron chi connectivity index (χ1n) is 5.93. The van der Waals surface area contributed by atoms with Crippen LogP contribution in [-0.4, -0.2) is 42.8 Å². The lowest BCUT2D eigenvalue weighted by Gasteiger charge is -2.17. The van der Waals surface area contributed by atoms with Gasteiger partial charge in [-0.1, -0.05) is 23.7 Å². The smallest absolute Gasteiger partial charge is 0.234 e. The van der Waals surface area contributed by atoms with Crippen molar-refractivity contribution in [2.45, 2.75) is 6.42 Å². The predicted octanol–water partition coefficient (Wildman–Crippen LogP) is 1.34. The summed E-state index contributed by atoms with van der Waals surface area (Å²) in [6.45, 7) is 1.98. The Bertz CT molecular complexity index is 462. The van der Waals surface area contributed by atoms with Crippen molar-refractivity contribution in [2.75, 3.05) is 26.2 Å². The van der Waals surface area contributed by atoms with Crippen molar-refractivity contribution < 1.29 is 9.59 Å². The zero-order valence-corrected chi connectivity index (χ0v) is 10.7. The van der Waals surface area contributed by atoms with Gasteiger partial charge in [-0.05, 0) is 18.6 Å². The van der Waals surface area contributed by atoms with Crippen molar-refractivity contribution in [3.8, 4) is 0 Å². The van der Waals surface area contributed by atoms with Gasteiger partial charge in [0.1, 0.15) is 0 Å². The maximum Gasteiger partial charge on any atom is 0.234 e. The minimum absolute atomic E-state index is 0.00722. The van der Waals surface area contributed by atoms with E-state index in [0.29, 0.717) is 17.1 Å². The summed E-state index contributed by atoms with van der Waals surface area (Å²) in [7, 11) is 0. The lowest BCUT2D eigenvalue weighted by molar-refractivity contribution is -0.121. The van der Waals surface area contributed by atoms with Crippen LogP contribution in [0, 0.1) is 0 Å². The molecule has 4 nitrogen and oxygen atoms in total. The number of halogens is 1. The number of hydrogen-bond donors (Lipinski definition) is 1. The number of ketones is 1. The third-order valence-electron chi connectivity index (χ3n) is 2.85. The molecule has 1 amide bonds. The van der Waals surface area contributed by atoms with Crippen LogP contribution in [0.1, 0.15) is 16.8 Å². The molecule has 0 atom stereocenters. The second-order valence-corrected chi connectivity index (χ2v) is 4.78. The highest BCUT2D eigenvalue weighted by molar-refractivity contribution is 6.31. The van der Waals surface area contributed by atoms with E-state index in [0.717, 1.165) is 13.0 Å². The second kappa shape index (κ2) is 5.98. The summed E-state index contributed by atoms with van der Waals surface area (Å²) < 4.78 is 0. The topological polar surface area (TPSA) is 49.4 Å². The van der Waals surface area contributed by atoms with Gasteiger partial charge in [0.2, 0.25) is 5.91 Å². The molecule has 1 aliphatic heterocycles. The average molecular weight is 267 g/mol. The molecular formula is C13H15ClN2O2. The van der Waals surface area contributed by atoms with E-state index in [1.54, 1.807) is 24.3 Å². The number of benzene rings is 1. The van der Waals surface area contributed by atoms with Gasteiger partial charge >= 0.3 is 0 Å². The predicted molar refractivity (Wildman–Crippen MR) is 69.8 cm³/mol. The standard InChI is InChI=1S/C13H15ClN2O2/c14-11-4-1-3-10(7-11)12(17)8-16-6-2-5-15-13(18)9-16/h1,3-4,7H,2,5-6,8-9H2,(H,15,18). The molecule has 1 heterocycles. The molecule has 1 aromatic rings. The lowest BCUT2D eigenvalue weighted by Crippen LogP contribution is -2.36. The van der Waals surface area contributed by atoms with Crippen molar-refractivity contribution in [1.82, 2.24) is 10.2 Å². The number of carbonyl (C=O) groups excluding carboxylic acids is 2. The van der Waals surface area contributed by atoms with E-state index in [-0.39, 0.29) is 24.8 Å². The summed E-state index contributed by atoms with van der Waals surface area (Å²) >= 11 is 5.85. The van der Waals surface area contributed by atoms with E-state index >= 15 is 0 Å². The van der Waals surface area contributed by atoms with Crippen molar-refractivity contribution in [3.05, 3.63) is 34.9 Å². The average Bonchev–Trinajstić information content (AvgIpc) is 2.53. The first kappa shape index (κ1) is 13.1. The van der Waals surface area contributed by atoms with Gasteiger partial charge in [0.05, 0.1) is 13.1 Å². The number of amides is 1. The Kier molecular flexibility index (Phi) is 4.33. The van der Waals surface area contributed by atoms with Crippen molar-refractivity contribution in [3.63, 3.8) is 0 Å². The van der Waals surface area contributed by atoms with Gasteiger partial charge in [0.15, 0.2) is 5.78 Å². The third-order valence-corrected chi connectivity index (χ3v) is 3.09. The monoisotopic (exact) mass is 266 g/mol. The van der Waals surface area contributed by atoms with Gasteiger partial charge in [-0.2, -0.15) is 0 Å². The molecule has 2 rings (SSSR count). The number of nitrogens with zero attached hydrogens (tertiary/aromatic N) is 1. The molecule has 0 aromatic heterocycles. The summed E-state index contributed by atoms with van der Waals surface area (Å²) in [5.41, 5.74) is 0.590. The molecule has 0 bridgehead atoms. The molecule has 1 saturated heterocycles. The Morgan fingerprint density at radius 1 is 1.44 bits per heavy atom. The molecule has 1 fully saturated rings. The molecule has 1 N–H and O–H groups in total. The molecule has 0 aliphatic carbocycles. The molecule has 0 saturated carbocycles. The zero-order valence-electron chi connectivity index (χ0n) is 9.99. The fourth-order valence-electron chi connectivity index (χ4n) is 1.96. The highest BCUT2D eigenvalue weighted by Crippen LogP contribution is 2.12.